The van der Waals surface area contributed by atoms with Crippen LogP contribution in [0.5, 0.6) is 0 Å². The molecule has 28 heavy (non-hydrogen) atoms. The van der Waals surface area contributed by atoms with E-state index in [-0.39, 0.29) is 29.8 Å². The summed E-state index contributed by atoms with van der Waals surface area (Å²) in [6, 6.07) is 8.22. The second kappa shape index (κ2) is 8.11. The Labute approximate surface area is 164 Å². The molecule has 2 aromatic rings. The zero-order valence-corrected chi connectivity index (χ0v) is 16.6. The van der Waals surface area contributed by atoms with Crippen LogP contribution in [0.4, 0.5) is 4.39 Å². The van der Waals surface area contributed by atoms with Crippen LogP contribution in [0.15, 0.2) is 24.3 Å². The summed E-state index contributed by atoms with van der Waals surface area (Å²) in [6.07, 6.45) is 2.24. The fraction of sp³-hybridized carbons (Fsp3) is 0.476. The second-order valence-corrected chi connectivity index (χ2v) is 7.96. The molecule has 3 rings (SSSR count). The van der Waals surface area contributed by atoms with Crippen LogP contribution in [0.25, 0.3) is 11.4 Å². The largest absolute Gasteiger partial charge is 0.342 e. The summed E-state index contributed by atoms with van der Waals surface area (Å²) in [5.74, 6) is 0.287. The van der Waals surface area contributed by atoms with E-state index in [1.54, 1.807) is 11.0 Å². The predicted octanol–water partition coefficient (Wildman–Crippen LogP) is 2.95. The van der Waals surface area contributed by atoms with E-state index in [0.717, 1.165) is 24.2 Å². The van der Waals surface area contributed by atoms with Crippen molar-refractivity contribution < 1.29 is 9.18 Å². The molecule has 7 heteroatoms. The third kappa shape index (κ3) is 4.57. The molecule has 0 spiro atoms. The highest BCUT2D eigenvalue weighted by molar-refractivity contribution is 5.79. The number of H-pyrrole nitrogens is 1. The molecular formula is C21H26FN5O. The van der Waals surface area contributed by atoms with Crippen LogP contribution >= 0.6 is 0 Å². The summed E-state index contributed by atoms with van der Waals surface area (Å²) in [5.41, 5.74) is 2.13. The van der Waals surface area contributed by atoms with Gasteiger partial charge < -0.3 is 15.2 Å². The molecule has 148 valence electrons. The molecule has 2 heterocycles. The van der Waals surface area contributed by atoms with Crippen molar-refractivity contribution in [1.29, 1.82) is 5.26 Å². The van der Waals surface area contributed by atoms with Gasteiger partial charge >= 0.3 is 0 Å². The molecule has 1 aromatic heterocycles. The van der Waals surface area contributed by atoms with Gasteiger partial charge in [0.15, 0.2) is 0 Å². The minimum atomic E-state index is -0.364. The van der Waals surface area contributed by atoms with E-state index in [9.17, 15) is 9.18 Å². The molecule has 1 saturated heterocycles. The van der Waals surface area contributed by atoms with Gasteiger partial charge in [-0.3, -0.25) is 4.79 Å². The highest BCUT2D eigenvalue weighted by Gasteiger charge is 2.30. The van der Waals surface area contributed by atoms with Crippen LogP contribution < -0.4 is 5.32 Å². The van der Waals surface area contributed by atoms with E-state index in [1.165, 1.54) is 12.1 Å². The molecule has 0 aliphatic carbocycles. The number of benzene rings is 1. The lowest BCUT2D eigenvalue weighted by Gasteiger charge is -2.28. The average molecular weight is 383 g/mol. The topological polar surface area (TPSA) is 84.8 Å². The first-order chi connectivity index (χ1) is 13.3. The number of aryl methyl sites for hydroxylation is 1. The molecule has 0 bridgehead atoms. The van der Waals surface area contributed by atoms with Crippen LogP contribution in [0.3, 0.4) is 0 Å². The van der Waals surface area contributed by atoms with Crippen molar-refractivity contribution in [3.05, 3.63) is 41.5 Å². The first kappa shape index (κ1) is 20.0. The number of hydrogen-bond donors (Lipinski definition) is 2. The van der Waals surface area contributed by atoms with Crippen molar-refractivity contribution in [2.45, 2.75) is 51.6 Å². The number of nitrogens with one attached hydrogen (secondary N) is 2. The lowest BCUT2D eigenvalue weighted by Crippen LogP contribution is -2.48. The minimum absolute atomic E-state index is 0.0451. The Morgan fingerprint density at radius 3 is 3.00 bits per heavy atom. The number of nitriles is 1. The maximum atomic E-state index is 13.5. The molecule has 1 aliphatic rings. The van der Waals surface area contributed by atoms with Gasteiger partial charge in [0.2, 0.25) is 5.91 Å². The van der Waals surface area contributed by atoms with Crippen molar-refractivity contribution in [3.63, 3.8) is 0 Å². The van der Waals surface area contributed by atoms with Gasteiger partial charge in [-0.2, -0.15) is 5.26 Å². The number of hydrogen-bond acceptors (Lipinski definition) is 4. The number of halogens is 1. The summed E-state index contributed by atoms with van der Waals surface area (Å²) < 4.78 is 13.5. The van der Waals surface area contributed by atoms with Crippen LogP contribution in [0.2, 0.25) is 0 Å². The normalized spacial score (nSPS) is 17.0. The Hall–Kier alpha value is -2.72. The molecule has 0 saturated carbocycles. The molecule has 6 nitrogen and oxygen atoms in total. The standard InChI is InChI=1S/C21H26FN5O/c1-14-18(26-20(25-14)15-6-4-7-16(22)10-15)11-21(2,3)24-13-19(28)27-9-5-8-17(27)12-23/h4,6-7,10,17,24H,5,8-9,11,13H2,1-3H3,(H,25,26). The van der Waals surface area contributed by atoms with Crippen LogP contribution in [-0.2, 0) is 11.2 Å². The number of likely N-dealkylation sites (tertiary alicyclic amines) is 1. The Bertz CT molecular complexity index is 898. The summed E-state index contributed by atoms with van der Waals surface area (Å²) in [6.45, 7) is 6.80. The fourth-order valence-corrected chi connectivity index (χ4v) is 3.54. The monoisotopic (exact) mass is 383 g/mol. The lowest BCUT2D eigenvalue weighted by atomic mass is 9.97. The molecular weight excluding hydrogens is 357 g/mol. The molecule has 1 amide bonds. The molecule has 1 aromatic carbocycles. The number of imidazole rings is 1. The van der Waals surface area contributed by atoms with Gasteiger partial charge in [-0.15, -0.1) is 0 Å². The van der Waals surface area contributed by atoms with Crippen molar-refractivity contribution in [2.24, 2.45) is 0 Å². The van der Waals surface area contributed by atoms with E-state index in [0.29, 0.717) is 24.4 Å². The van der Waals surface area contributed by atoms with E-state index < -0.39 is 0 Å². The number of amides is 1. The molecule has 1 unspecified atom stereocenters. The SMILES string of the molecule is Cc1[nH]c(-c2cccc(F)c2)nc1CC(C)(C)NCC(=O)N1CCCC1C#N. The number of carbonyl (C=O) groups excluding carboxylic acids is 1. The van der Waals surface area contributed by atoms with E-state index in [4.69, 9.17) is 5.26 Å². The summed E-state index contributed by atoms with van der Waals surface area (Å²) in [4.78, 5) is 22.0. The highest BCUT2D eigenvalue weighted by Crippen LogP contribution is 2.22. The maximum absolute atomic E-state index is 13.5. The second-order valence-electron chi connectivity index (χ2n) is 7.96. The minimum Gasteiger partial charge on any atom is -0.342 e. The van der Waals surface area contributed by atoms with Crippen molar-refractivity contribution in [1.82, 2.24) is 20.2 Å². The van der Waals surface area contributed by atoms with Crippen LogP contribution in [0.1, 0.15) is 38.1 Å². The smallest absolute Gasteiger partial charge is 0.237 e. The average Bonchev–Trinajstić information content (AvgIpc) is 3.26. The summed E-state index contributed by atoms with van der Waals surface area (Å²) >= 11 is 0. The molecule has 1 fully saturated rings. The number of rotatable bonds is 6. The number of carbonyl (C=O) groups is 1. The van der Waals surface area contributed by atoms with Crippen LogP contribution in [0, 0.1) is 24.1 Å². The number of nitrogens with zero attached hydrogens (tertiary/aromatic N) is 3. The molecule has 1 atom stereocenters. The number of aromatic nitrogens is 2. The summed E-state index contributed by atoms with van der Waals surface area (Å²) in [7, 11) is 0. The quantitative estimate of drug-likeness (QED) is 0.803. The van der Waals surface area contributed by atoms with Gasteiger partial charge in [0, 0.05) is 29.8 Å². The third-order valence-corrected chi connectivity index (χ3v) is 5.13. The Morgan fingerprint density at radius 1 is 1.50 bits per heavy atom. The molecule has 0 radical (unpaired) electrons. The van der Waals surface area contributed by atoms with E-state index >= 15 is 0 Å². The fourth-order valence-electron chi connectivity index (χ4n) is 3.54. The first-order valence-electron chi connectivity index (χ1n) is 9.54. The zero-order chi connectivity index (χ0) is 20.3. The third-order valence-electron chi connectivity index (χ3n) is 5.13. The Morgan fingerprint density at radius 2 is 2.29 bits per heavy atom. The van der Waals surface area contributed by atoms with Gasteiger partial charge in [-0.1, -0.05) is 12.1 Å². The molecule has 2 N–H and O–H groups in total. The summed E-state index contributed by atoms with van der Waals surface area (Å²) in [5, 5.41) is 12.5. The maximum Gasteiger partial charge on any atom is 0.237 e. The number of aromatic amines is 1. The van der Waals surface area contributed by atoms with Gasteiger partial charge in [0.1, 0.15) is 17.7 Å². The highest BCUT2D eigenvalue weighted by atomic mass is 19.1. The zero-order valence-electron chi connectivity index (χ0n) is 16.6. The lowest BCUT2D eigenvalue weighted by molar-refractivity contribution is -0.130. The van der Waals surface area contributed by atoms with Gasteiger partial charge in [0.25, 0.3) is 0 Å². The van der Waals surface area contributed by atoms with Gasteiger partial charge in [-0.25, -0.2) is 9.37 Å². The van der Waals surface area contributed by atoms with Crippen LogP contribution in [-0.4, -0.2) is 45.4 Å². The molecule has 1 aliphatic heterocycles. The van der Waals surface area contributed by atoms with Crippen molar-refractivity contribution >= 4 is 5.91 Å². The van der Waals surface area contributed by atoms with Crippen molar-refractivity contribution in [3.8, 4) is 17.5 Å². The van der Waals surface area contributed by atoms with Crippen molar-refractivity contribution in [2.75, 3.05) is 13.1 Å². The predicted molar refractivity (Wildman–Crippen MR) is 105 cm³/mol. The van der Waals surface area contributed by atoms with E-state index in [1.807, 2.05) is 26.8 Å². The first-order valence-corrected chi connectivity index (χ1v) is 9.54. The van der Waals surface area contributed by atoms with E-state index in [2.05, 4.69) is 21.4 Å². The Balaban J connectivity index is 1.64. The van der Waals surface area contributed by atoms with Gasteiger partial charge in [-0.05, 0) is 45.7 Å². The Kier molecular flexibility index (Phi) is 5.80. The van der Waals surface area contributed by atoms with Gasteiger partial charge in [0.05, 0.1) is 18.3 Å².